The van der Waals surface area contributed by atoms with Gasteiger partial charge in [0.1, 0.15) is 18.1 Å². The molecule has 6 nitrogen and oxygen atoms in total. The van der Waals surface area contributed by atoms with E-state index in [4.69, 9.17) is 21.1 Å². The number of carbonyl (C=O) groups excluding carboxylic acids is 2. The van der Waals surface area contributed by atoms with E-state index in [2.05, 4.69) is 10.6 Å². The smallest absolute Gasteiger partial charge is 0.265 e. The second-order valence-electron chi connectivity index (χ2n) is 6.05. The Bertz CT molecular complexity index is 955. The lowest BCUT2D eigenvalue weighted by molar-refractivity contribution is -0.122. The van der Waals surface area contributed by atoms with Gasteiger partial charge in [-0.2, -0.15) is 0 Å². The largest absolute Gasteiger partial charge is 0.488 e. The Morgan fingerprint density at radius 2 is 2.04 bits per heavy atom. The molecule has 132 valence electrons. The summed E-state index contributed by atoms with van der Waals surface area (Å²) < 4.78 is 11.1. The molecular weight excluding hydrogens is 356 g/mol. The quantitative estimate of drug-likeness (QED) is 0.848. The SMILES string of the molecule is C[C@H]1Oc2ccc(NC(=O)C3=Cc4cc(Cl)ccc4OC3)cc2NC1=O. The maximum absolute atomic E-state index is 12.5. The van der Waals surface area contributed by atoms with E-state index >= 15 is 0 Å². The van der Waals surface area contributed by atoms with E-state index in [0.29, 0.717) is 33.5 Å². The Morgan fingerprint density at radius 1 is 1.23 bits per heavy atom. The minimum absolute atomic E-state index is 0.169. The average molecular weight is 371 g/mol. The molecule has 0 aliphatic carbocycles. The van der Waals surface area contributed by atoms with Crippen molar-refractivity contribution in [3.05, 3.63) is 52.6 Å². The highest BCUT2D eigenvalue weighted by molar-refractivity contribution is 6.30. The Morgan fingerprint density at radius 3 is 2.88 bits per heavy atom. The lowest BCUT2D eigenvalue weighted by Crippen LogP contribution is -2.34. The number of anilines is 2. The zero-order valence-corrected chi connectivity index (χ0v) is 14.6. The predicted molar refractivity (Wildman–Crippen MR) is 98.7 cm³/mol. The van der Waals surface area contributed by atoms with E-state index in [1.807, 2.05) is 0 Å². The molecule has 1 atom stereocenters. The first-order valence-corrected chi connectivity index (χ1v) is 8.43. The summed E-state index contributed by atoms with van der Waals surface area (Å²) in [7, 11) is 0. The van der Waals surface area contributed by atoms with Gasteiger partial charge in [0.15, 0.2) is 6.10 Å². The number of nitrogens with one attached hydrogen (secondary N) is 2. The van der Waals surface area contributed by atoms with E-state index in [1.165, 1.54) is 0 Å². The summed E-state index contributed by atoms with van der Waals surface area (Å²) in [6, 6.07) is 10.3. The number of carbonyl (C=O) groups is 2. The summed E-state index contributed by atoms with van der Waals surface area (Å²) in [5.41, 5.74) is 2.31. The average Bonchev–Trinajstić information content (AvgIpc) is 2.62. The monoisotopic (exact) mass is 370 g/mol. The van der Waals surface area contributed by atoms with Gasteiger partial charge in [-0.25, -0.2) is 0 Å². The first-order chi connectivity index (χ1) is 12.5. The van der Waals surface area contributed by atoms with Crippen LogP contribution in [0.2, 0.25) is 5.02 Å². The van der Waals surface area contributed by atoms with Gasteiger partial charge in [0.25, 0.3) is 11.8 Å². The third-order valence-electron chi connectivity index (χ3n) is 4.14. The second-order valence-corrected chi connectivity index (χ2v) is 6.49. The molecule has 0 unspecified atom stereocenters. The van der Waals surface area contributed by atoms with Crippen LogP contribution in [0.3, 0.4) is 0 Å². The minimum atomic E-state index is -0.542. The minimum Gasteiger partial charge on any atom is -0.488 e. The molecule has 2 heterocycles. The molecule has 2 aromatic rings. The number of ether oxygens (including phenoxy) is 2. The Kier molecular flexibility index (Phi) is 4.05. The van der Waals surface area contributed by atoms with E-state index in [9.17, 15) is 9.59 Å². The second kappa shape index (κ2) is 6.38. The molecule has 0 radical (unpaired) electrons. The van der Waals surface area contributed by atoms with Crippen LogP contribution in [0, 0.1) is 0 Å². The van der Waals surface area contributed by atoms with Gasteiger partial charge in [-0.05, 0) is 49.4 Å². The van der Waals surface area contributed by atoms with Gasteiger partial charge < -0.3 is 20.1 Å². The van der Waals surface area contributed by atoms with Crippen molar-refractivity contribution in [1.29, 1.82) is 0 Å². The third-order valence-corrected chi connectivity index (χ3v) is 4.38. The molecule has 0 aromatic heterocycles. The van der Waals surface area contributed by atoms with Gasteiger partial charge in [-0.3, -0.25) is 9.59 Å². The van der Waals surface area contributed by atoms with Crippen LogP contribution < -0.4 is 20.1 Å². The summed E-state index contributed by atoms with van der Waals surface area (Å²) >= 11 is 5.99. The fraction of sp³-hybridized carbons (Fsp3) is 0.158. The summed E-state index contributed by atoms with van der Waals surface area (Å²) in [5.74, 6) is 0.748. The van der Waals surface area contributed by atoms with Crippen LogP contribution in [0.1, 0.15) is 12.5 Å². The number of amides is 2. The van der Waals surface area contributed by atoms with Crippen molar-refractivity contribution in [3.8, 4) is 11.5 Å². The van der Waals surface area contributed by atoms with E-state index in [1.54, 1.807) is 49.4 Å². The molecule has 4 rings (SSSR count). The lowest BCUT2D eigenvalue weighted by atomic mass is 10.1. The Hall–Kier alpha value is -2.99. The molecule has 0 saturated carbocycles. The van der Waals surface area contributed by atoms with Crippen LogP contribution in [0.4, 0.5) is 11.4 Å². The molecule has 2 aliphatic rings. The van der Waals surface area contributed by atoms with E-state index in [0.717, 1.165) is 5.56 Å². The maximum atomic E-state index is 12.5. The Labute approximate surface area is 154 Å². The van der Waals surface area contributed by atoms with Crippen LogP contribution in [0.25, 0.3) is 6.08 Å². The van der Waals surface area contributed by atoms with Crippen molar-refractivity contribution in [1.82, 2.24) is 0 Å². The van der Waals surface area contributed by atoms with Gasteiger partial charge >= 0.3 is 0 Å². The van der Waals surface area contributed by atoms with Crippen molar-refractivity contribution < 1.29 is 19.1 Å². The molecule has 2 amide bonds. The molecule has 0 fully saturated rings. The fourth-order valence-corrected chi connectivity index (χ4v) is 2.96. The first-order valence-electron chi connectivity index (χ1n) is 8.05. The standard InChI is InChI=1S/C19H15ClN2O4/c1-10-18(23)22-15-8-14(3-5-17(15)26-10)21-19(24)12-6-11-7-13(20)2-4-16(11)25-9-12/h2-8,10H,9H2,1H3,(H,21,24)(H,22,23)/t10-/m1/s1. The highest BCUT2D eigenvalue weighted by Crippen LogP contribution is 2.33. The van der Waals surface area contributed by atoms with Crippen molar-refractivity contribution in [3.63, 3.8) is 0 Å². The van der Waals surface area contributed by atoms with Gasteiger partial charge in [0.05, 0.1) is 11.3 Å². The zero-order chi connectivity index (χ0) is 18.3. The zero-order valence-electron chi connectivity index (χ0n) is 13.8. The summed E-state index contributed by atoms with van der Waals surface area (Å²) in [5, 5.41) is 6.13. The van der Waals surface area contributed by atoms with Crippen LogP contribution >= 0.6 is 11.6 Å². The third kappa shape index (κ3) is 3.11. The summed E-state index contributed by atoms with van der Waals surface area (Å²) in [6.07, 6.45) is 1.21. The molecule has 0 spiro atoms. The van der Waals surface area contributed by atoms with E-state index < -0.39 is 6.10 Å². The molecular formula is C19H15ClN2O4. The number of halogens is 1. The topological polar surface area (TPSA) is 76.7 Å². The van der Waals surface area contributed by atoms with Crippen LogP contribution in [0.5, 0.6) is 11.5 Å². The van der Waals surface area contributed by atoms with Gasteiger partial charge in [-0.15, -0.1) is 0 Å². The molecule has 2 aromatic carbocycles. The van der Waals surface area contributed by atoms with Gasteiger partial charge in [0.2, 0.25) is 0 Å². The first kappa shape index (κ1) is 16.5. The van der Waals surface area contributed by atoms with Crippen molar-refractivity contribution in [2.75, 3.05) is 17.2 Å². The van der Waals surface area contributed by atoms with Crippen molar-refractivity contribution >= 4 is 40.9 Å². The number of hydrogen-bond acceptors (Lipinski definition) is 4. The number of hydrogen-bond donors (Lipinski definition) is 2. The van der Waals surface area contributed by atoms with Gasteiger partial charge in [0, 0.05) is 16.3 Å². The maximum Gasteiger partial charge on any atom is 0.265 e. The van der Waals surface area contributed by atoms with Crippen molar-refractivity contribution in [2.24, 2.45) is 0 Å². The summed E-state index contributed by atoms with van der Waals surface area (Å²) in [6.45, 7) is 1.84. The number of fused-ring (bicyclic) bond motifs is 2. The lowest BCUT2D eigenvalue weighted by Gasteiger charge is -2.24. The number of benzene rings is 2. The summed E-state index contributed by atoms with van der Waals surface area (Å²) in [4.78, 5) is 24.3. The molecule has 0 saturated heterocycles. The van der Waals surface area contributed by atoms with E-state index in [-0.39, 0.29) is 18.4 Å². The molecule has 2 N–H and O–H groups in total. The molecule has 26 heavy (non-hydrogen) atoms. The van der Waals surface area contributed by atoms with Crippen LogP contribution in [0.15, 0.2) is 42.0 Å². The van der Waals surface area contributed by atoms with Crippen LogP contribution in [-0.4, -0.2) is 24.5 Å². The molecule has 7 heteroatoms. The highest BCUT2D eigenvalue weighted by atomic mass is 35.5. The fourth-order valence-electron chi connectivity index (χ4n) is 2.78. The number of rotatable bonds is 2. The molecule has 0 bridgehead atoms. The van der Waals surface area contributed by atoms with Gasteiger partial charge in [-0.1, -0.05) is 11.6 Å². The molecule has 2 aliphatic heterocycles. The van der Waals surface area contributed by atoms with Crippen molar-refractivity contribution in [2.45, 2.75) is 13.0 Å². The van der Waals surface area contributed by atoms with Crippen LogP contribution in [-0.2, 0) is 9.59 Å². The highest BCUT2D eigenvalue weighted by Gasteiger charge is 2.24. The predicted octanol–water partition coefficient (Wildman–Crippen LogP) is 3.47. The Balaban J connectivity index is 1.54. The normalized spacial score (nSPS) is 17.7.